The molecule has 1 atom stereocenters. The Morgan fingerprint density at radius 2 is 1.71 bits per heavy atom. The predicted molar refractivity (Wildman–Crippen MR) is 136 cm³/mol. The van der Waals surface area contributed by atoms with Gasteiger partial charge in [0.1, 0.15) is 31.7 Å². The third-order valence-electron chi connectivity index (χ3n) is 5.53. The molecular weight excluding hydrogens is 440 g/mol. The van der Waals surface area contributed by atoms with Crippen molar-refractivity contribution in [1.29, 1.82) is 0 Å². The van der Waals surface area contributed by atoms with Gasteiger partial charge in [-0.15, -0.1) is 0 Å². The van der Waals surface area contributed by atoms with Crippen molar-refractivity contribution in [2.75, 3.05) is 13.2 Å². The molecule has 0 saturated carbocycles. The van der Waals surface area contributed by atoms with E-state index in [0.29, 0.717) is 37.3 Å². The third kappa shape index (κ3) is 7.88. The summed E-state index contributed by atoms with van der Waals surface area (Å²) in [6.45, 7) is 3.66. The van der Waals surface area contributed by atoms with Gasteiger partial charge in [-0.25, -0.2) is 9.97 Å². The lowest BCUT2D eigenvalue weighted by Crippen LogP contribution is -2.23. The summed E-state index contributed by atoms with van der Waals surface area (Å²) in [6, 6.07) is 17.9. The molecule has 182 valence electrons. The summed E-state index contributed by atoms with van der Waals surface area (Å²) in [7, 11) is 0. The van der Waals surface area contributed by atoms with E-state index in [9.17, 15) is 0 Å². The Morgan fingerprint density at radius 1 is 0.914 bits per heavy atom. The van der Waals surface area contributed by atoms with Gasteiger partial charge in [-0.2, -0.15) is 0 Å². The molecule has 3 aromatic rings. The highest BCUT2D eigenvalue weighted by Crippen LogP contribution is 2.22. The molecule has 0 amide bonds. The van der Waals surface area contributed by atoms with Crippen LogP contribution < -0.4 is 9.47 Å². The second-order valence-corrected chi connectivity index (χ2v) is 8.31. The Bertz CT molecular complexity index is 1080. The highest BCUT2D eigenvalue weighted by atomic mass is 16.7. The zero-order valence-electron chi connectivity index (χ0n) is 20.1. The van der Waals surface area contributed by atoms with Crippen molar-refractivity contribution in [1.82, 2.24) is 9.97 Å². The lowest BCUT2D eigenvalue weighted by molar-refractivity contribution is -0.0238. The summed E-state index contributed by atoms with van der Waals surface area (Å²) in [5, 5.41) is 0. The van der Waals surface area contributed by atoms with Crippen molar-refractivity contribution >= 4 is 0 Å². The average molecular weight is 473 g/mol. The summed E-state index contributed by atoms with van der Waals surface area (Å²) in [5.41, 5.74) is 2.05. The standard InChI is InChI=1S/C29H32N2O4/c1-2-3-5-12-26(35-28-13-8-9-18-32-28)22-34-27-19-30-29(31-20-27)24-14-16-25(17-15-24)33-21-23-10-6-4-7-11-23/h4,6-11,13-17,19-20,26H,2-3,5,12,18,21-22H2,1H3. The molecule has 1 aromatic heterocycles. The fourth-order valence-corrected chi connectivity index (χ4v) is 3.59. The van der Waals surface area contributed by atoms with Gasteiger partial charge in [0.25, 0.3) is 5.95 Å². The molecule has 35 heavy (non-hydrogen) atoms. The molecule has 0 N–H and O–H groups in total. The van der Waals surface area contributed by atoms with Crippen LogP contribution in [-0.2, 0) is 16.1 Å². The van der Waals surface area contributed by atoms with Gasteiger partial charge in [0.2, 0.25) is 0 Å². The van der Waals surface area contributed by atoms with Crippen molar-refractivity contribution < 1.29 is 18.9 Å². The highest BCUT2D eigenvalue weighted by Gasteiger charge is 2.15. The van der Waals surface area contributed by atoms with E-state index in [2.05, 4.69) is 16.9 Å². The number of nitrogens with zero attached hydrogens (tertiary/aromatic N) is 2. The van der Waals surface area contributed by atoms with Gasteiger partial charge in [0.05, 0.1) is 12.4 Å². The quantitative estimate of drug-likeness (QED) is 0.265. The largest absolute Gasteiger partial charge is 0.489 e. The molecule has 0 spiro atoms. The summed E-state index contributed by atoms with van der Waals surface area (Å²) >= 11 is 0. The van der Waals surface area contributed by atoms with Crippen LogP contribution in [0, 0.1) is 0 Å². The molecule has 0 bridgehead atoms. The minimum Gasteiger partial charge on any atom is -0.489 e. The van der Waals surface area contributed by atoms with Gasteiger partial charge in [-0.3, -0.25) is 0 Å². The fourth-order valence-electron chi connectivity index (χ4n) is 3.59. The monoisotopic (exact) mass is 472 g/mol. The number of benzene rings is 2. The molecule has 2 aromatic carbocycles. The normalized spacial score (nSPS) is 13.5. The van der Waals surface area contributed by atoms with E-state index >= 15 is 0 Å². The van der Waals surface area contributed by atoms with Gasteiger partial charge in [0, 0.05) is 11.6 Å². The molecule has 0 aliphatic carbocycles. The molecule has 6 nitrogen and oxygen atoms in total. The topological polar surface area (TPSA) is 62.7 Å². The SMILES string of the molecule is CCCCCC(COc1cnc(-c2ccc(OCc3ccccc3)cc2)nc1)OC1=CC=CCO1. The first-order valence-electron chi connectivity index (χ1n) is 12.2. The molecule has 1 unspecified atom stereocenters. The van der Waals surface area contributed by atoms with Crippen LogP contribution in [0.5, 0.6) is 11.5 Å². The van der Waals surface area contributed by atoms with Crippen molar-refractivity contribution in [3.8, 4) is 22.9 Å². The highest BCUT2D eigenvalue weighted by molar-refractivity contribution is 5.56. The molecule has 4 rings (SSSR count). The first kappa shape index (κ1) is 24.3. The minimum atomic E-state index is -0.0950. The number of ether oxygens (including phenoxy) is 4. The van der Waals surface area contributed by atoms with Crippen LogP contribution in [0.15, 0.2) is 91.2 Å². The Hall–Kier alpha value is -3.80. The van der Waals surface area contributed by atoms with Gasteiger partial charge >= 0.3 is 0 Å². The van der Waals surface area contributed by atoms with Gasteiger partial charge in [-0.1, -0.05) is 56.2 Å². The molecule has 0 fully saturated rings. The third-order valence-corrected chi connectivity index (χ3v) is 5.53. The summed E-state index contributed by atoms with van der Waals surface area (Å²) in [4.78, 5) is 8.96. The summed E-state index contributed by atoms with van der Waals surface area (Å²) in [5.74, 6) is 2.59. The molecule has 6 heteroatoms. The smallest absolute Gasteiger partial charge is 0.279 e. The Labute approximate surface area is 207 Å². The number of unbranched alkanes of at least 4 members (excludes halogenated alkanes) is 2. The first-order valence-corrected chi connectivity index (χ1v) is 12.2. The zero-order valence-corrected chi connectivity index (χ0v) is 20.1. The van der Waals surface area contributed by atoms with Gasteiger partial charge < -0.3 is 18.9 Å². The van der Waals surface area contributed by atoms with Crippen LogP contribution in [0.1, 0.15) is 38.2 Å². The Morgan fingerprint density at radius 3 is 2.43 bits per heavy atom. The second kappa shape index (κ2) is 13.2. The number of allylic oxidation sites excluding steroid dienone is 2. The molecule has 1 aliphatic rings. The Kier molecular flexibility index (Phi) is 9.16. The maximum atomic E-state index is 6.02. The maximum absolute atomic E-state index is 6.02. The van der Waals surface area contributed by atoms with E-state index in [0.717, 1.165) is 42.6 Å². The maximum Gasteiger partial charge on any atom is 0.279 e. The minimum absolute atomic E-state index is 0.0950. The molecule has 2 heterocycles. The number of rotatable bonds is 13. The van der Waals surface area contributed by atoms with E-state index in [1.165, 1.54) is 0 Å². The van der Waals surface area contributed by atoms with E-state index in [1.807, 2.05) is 72.8 Å². The van der Waals surface area contributed by atoms with Gasteiger partial charge in [0.15, 0.2) is 11.6 Å². The van der Waals surface area contributed by atoms with E-state index in [1.54, 1.807) is 12.4 Å². The van der Waals surface area contributed by atoms with Crippen LogP contribution in [0.4, 0.5) is 0 Å². The summed E-state index contributed by atoms with van der Waals surface area (Å²) in [6.07, 6.45) is 13.3. The van der Waals surface area contributed by atoms with Crippen molar-refractivity contribution in [2.24, 2.45) is 0 Å². The zero-order chi connectivity index (χ0) is 24.1. The molecule has 0 saturated heterocycles. The predicted octanol–water partition coefficient (Wildman–Crippen LogP) is 6.49. The number of hydrogen-bond acceptors (Lipinski definition) is 6. The molecule has 1 aliphatic heterocycles. The average Bonchev–Trinajstić information content (AvgIpc) is 2.92. The Balaban J connectivity index is 1.29. The van der Waals surface area contributed by atoms with E-state index in [4.69, 9.17) is 18.9 Å². The second-order valence-electron chi connectivity index (χ2n) is 8.31. The van der Waals surface area contributed by atoms with Crippen molar-refractivity contribution in [3.63, 3.8) is 0 Å². The summed E-state index contributed by atoms with van der Waals surface area (Å²) < 4.78 is 23.4. The van der Waals surface area contributed by atoms with E-state index < -0.39 is 0 Å². The van der Waals surface area contributed by atoms with Crippen LogP contribution in [-0.4, -0.2) is 29.3 Å². The fraction of sp³-hybridized carbons (Fsp3) is 0.310. The number of hydrogen-bond donors (Lipinski definition) is 0. The van der Waals surface area contributed by atoms with Crippen LogP contribution in [0.3, 0.4) is 0 Å². The van der Waals surface area contributed by atoms with E-state index in [-0.39, 0.29) is 6.10 Å². The van der Waals surface area contributed by atoms with Crippen LogP contribution in [0.25, 0.3) is 11.4 Å². The lowest BCUT2D eigenvalue weighted by Gasteiger charge is -2.22. The lowest BCUT2D eigenvalue weighted by atomic mass is 10.1. The van der Waals surface area contributed by atoms with Crippen molar-refractivity contribution in [2.45, 2.75) is 45.3 Å². The number of aromatic nitrogens is 2. The first-order chi connectivity index (χ1) is 17.3. The molecule has 0 radical (unpaired) electrons. The molecular formula is C29H32N2O4. The van der Waals surface area contributed by atoms with Crippen molar-refractivity contribution in [3.05, 3.63) is 96.7 Å². The van der Waals surface area contributed by atoms with Gasteiger partial charge in [-0.05, 0) is 48.7 Å². The van der Waals surface area contributed by atoms with Crippen LogP contribution in [0.2, 0.25) is 0 Å². The van der Waals surface area contributed by atoms with Crippen LogP contribution >= 0.6 is 0 Å².